The summed E-state index contributed by atoms with van der Waals surface area (Å²) in [6, 6.07) is 9.76. The molecule has 0 bridgehead atoms. The molecule has 9 heteroatoms. The van der Waals surface area contributed by atoms with Gasteiger partial charge in [0.05, 0.1) is 24.9 Å². The van der Waals surface area contributed by atoms with Crippen LogP contribution >= 0.6 is 0 Å². The molecule has 2 fully saturated rings. The van der Waals surface area contributed by atoms with Crippen molar-refractivity contribution in [1.82, 2.24) is 24.9 Å². The first-order valence-electron chi connectivity index (χ1n) is 13.0. The van der Waals surface area contributed by atoms with Crippen molar-refractivity contribution in [2.24, 2.45) is 7.05 Å². The molecule has 7 rings (SSSR count). The van der Waals surface area contributed by atoms with Crippen LogP contribution in [0, 0.1) is 0 Å². The summed E-state index contributed by atoms with van der Waals surface area (Å²) in [5, 5.41) is 7.97. The Labute approximate surface area is 214 Å². The van der Waals surface area contributed by atoms with Crippen molar-refractivity contribution < 1.29 is 19.1 Å². The van der Waals surface area contributed by atoms with Gasteiger partial charge in [-0.15, -0.1) is 0 Å². The van der Waals surface area contributed by atoms with Gasteiger partial charge in [0.1, 0.15) is 11.8 Å². The summed E-state index contributed by atoms with van der Waals surface area (Å²) in [6.45, 7) is 3.79. The SMILES string of the molecule is Cn1ncc2cccc(CN3CCC4(CC3)COc3c4ccc4c3CN(C3CCC(=O)NC3=O)C4=O)c21. The highest BCUT2D eigenvalue weighted by Gasteiger charge is 2.47. The Balaban J connectivity index is 1.10. The molecule has 4 aliphatic heterocycles. The number of hydrogen-bond acceptors (Lipinski definition) is 6. The number of para-hydroxylation sites is 1. The van der Waals surface area contributed by atoms with E-state index in [4.69, 9.17) is 4.74 Å². The van der Waals surface area contributed by atoms with Crippen LogP contribution in [0.1, 0.15) is 52.7 Å². The Kier molecular flexibility index (Phi) is 4.95. The van der Waals surface area contributed by atoms with Crippen molar-refractivity contribution in [2.75, 3.05) is 19.7 Å². The molecule has 1 unspecified atom stereocenters. The fraction of sp³-hybridized carbons (Fsp3) is 0.429. The summed E-state index contributed by atoms with van der Waals surface area (Å²) in [6.07, 6.45) is 4.51. The van der Waals surface area contributed by atoms with Gasteiger partial charge in [-0.25, -0.2) is 0 Å². The molecule has 5 heterocycles. The smallest absolute Gasteiger partial charge is 0.255 e. The fourth-order valence-corrected chi connectivity index (χ4v) is 6.72. The molecule has 2 saturated heterocycles. The van der Waals surface area contributed by atoms with Crippen LogP contribution in [0.2, 0.25) is 0 Å². The fourth-order valence-electron chi connectivity index (χ4n) is 6.72. The van der Waals surface area contributed by atoms with E-state index in [1.54, 1.807) is 4.90 Å². The van der Waals surface area contributed by atoms with Gasteiger partial charge in [0.25, 0.3) is 5.91 Å². The number of benzene rings is 2. The number of carbonyl (C=O) groups is 3. The lowest BCUT2D eigenvalue weighted by atomic mass is 9.74. The van der Waals surface area contributed by atoms with Crippen LogP contribution in [0.15, 0.2) is 36.5 Å². The first kappa shape index (κ1) is 22.5. The predicted octanol–water partition coefficient (Wildman–Crippen LogP) is 2.26. The van der Waals surface area contributed by atoms with Gasteiger partial charge in [0.2, 0.25) is 11.8 Å². The van der Waals surface area contributed by atoms with E-state index in [0.29, 0.717) is 25.1 Å². The molecule has 2 aromatic carbocycles. The summed E-state index contributed by atoms with van der Waals surface area (Å²) in [5.41, 5.74) is 5.12. The lowest BCUT2D eigenvalue weighted by Gasteiger charge is -2.38. The lowest BCUT2D eigenvalue weighted by Crippen LogP contribution is -2.52. The summed E-state index contributed by atoms with van der Waals surface area (Å²) >= 11 is 0. The summed E-state index contributed by atoms with van der Waals surface area (Å²) < 4.78 is 8.27. The summed E-state index contributed by atoms with van der Waals surface area (Å²) in [7, 11) is 1.99. The molecule has 0 saturated carbocycles. The molecule has 1 aromatic heterocycles. The van der Waals surface area contributed by atoms with E-state index in [-0.39, 0.29) is 29.6 Å². The molecular weight excluding hydrogens is 470 g/mol. The third kappa shape index (κ3) is 3.40. The number of fused-ring (bicyclic) bond motifs is 5. The van der Waals surface area contributed by atoms with E-state index in [1.165, 1.54) is 22.0 Å². The van der Waals surface area contributed by atoms with E-state index in [0.717, 1.165) is 43.8 Å². The zero-order valence-electron chi connectivity index (χ0n) is 20.8. The first-order chi connectivity index (χ1) is 17.9. The van der Waals surface area contributed by atoms with Crippen LogP contribution in [0.5, 0.6) is 5.75 Å². The minimum atomic E-state index is -0.615. The number of amides is 3. The van der Waals surface area contributed by atoms with Crippen LogP contribution in [0.25, 0.3) is 10.9 Å². The van der Waals surface area contributed by atoms with Gasteiger partial charge in [0, 0.05) is 47.5 Å². The second-order valence-corrected chi connectivity index (χ2v) is 10.8. The molecule has 190 valence electrons. The average Bonchev–Trinajstić information content (AvgIpc) is 3.56. The third-order valence-corrected chi connectivity index (χ3v) is 8.78. The van der Waals surface area contributed by atoms with Gasteiger partial charge in [-0.3, -0.25) is 29.3 Å². The maximum Gasteiger partial charge on any atom is 0.255 e. The molecule has 3 aromatic rings. The van der Waals surface area contributed by atoms with E-state index in [2.05, 4.69) is 39.6 Å². The maximum atomic E-state index is 13.2. The molecule has 3 amide bonds. The molecule has 37 heavy (non-hydrogen) atoms. The predicted molar refractivity (Wildman–Crippen MR) is 135 cm³/mol. The quantitative estimate of drug-likeness (QED) is 0.556. The van der Waals surface area contributed by atoms with Crippen LogP contribution in [-0.4, -0.2) is 63.0 Å². The van der Waals surface area contributed by atoms with Gasteiger partial charge in [-0.05, 0) is 44.0 Å². The number of imide groups is 1. The van der Waals surface area contributed by atoms with Gasteiger partial charge in [0.15, 0.2) is 0 Å². The zero-order chi connectivity index (χ0) is 25.3. The molecule has 0 aliphatic carbocycles. The molecule has 1 N–H and O–H groups in total. The number of rotatable bonds is 3. The Hall–Kier alpha value is -3.72. The highest BCUT2D eigenvalue weighted by molar-refractivity contribution is 6.05. The Morgan fingerprint density at radius 3 is 2.78 bits per heavy atom. The number of likely N-dealkylation sites (tertiary alicyclic amines) is 1. The molecule has 9 nitrogen and oxygen atoms in total. The number of piperidine rings is 2. The van der Waals surface area contributed by atoms with Crippen LogP contribution < -0.4 is 10.1 Å². The molecule has 0 radical (unpaired) electrons. The van der Waals surface area contributed by atoms with E-state index < -0.39 is 6.04 Å². The maximum absolute atomic E-state index is 13.2. The molecule has 4 aliphatic rings. The standard InChI is InChI=1S/C28H29N5O4/c1-31-24-17(13-29-31)3-2-4-18(24)14-32-11-9-28(10-12-32)16-37-25-20-15-33(22-7-8-23(34)30-26(22)35)27(36)19(20)5-6-21(25)28/h2-6,13,22H,7-12,14-16H2,1H3,(H,30,34,35). The van der Waals surface area contributed by atoms with Crippen molar-refractivity contribution in [3.63, 3.8) is 0 Å². The van der Waals surface area contributed by atoms with Crippen LogP contribution in [-0.2, 0) is 35.1 Å². The number of aryl methyl sites for hydroxylation is 1. The number of ether oxygens (including phenoxy) is 1. The first-order valence-corrected chi connectivity index (χ1v) is 13.0. The number of nitrogens with zero attached hydrogens (tertiary/aromatic N) is 4. The van der Waals surface area contributed by atoms with E-state index in [1.807, 2.05) is 24.0 Å². The molecule has 1 spiro atoms. The molecule has 1 atom stereocenters. The normalized spacial score (nSPS) is 22.9. The zero-order valence-corrected chi connectivity index (χ0v) is 20.8. The Morgan fingerprint density at radius 2 is 1.97 bits per heavy atom. The van der Waals surface area contributed by atoms with Gasteiger partial charge < -0.3 is 9.64 Å². The van der Waals surface area contributed by atoms with Crippen molar-refractivity contribution in [1.29, 1.82) is 0 Å². The number of nitrogens with one attached hydrogen (secondary N) is 1. The van der Waals surface area contributed by atoms with E-state index in [9.17, 15) is 14.4 Å². The Morgan fingerprint density at radius 1 is 1.14 bits per heavy atom. The van der Waals surface area contributed by atoms with Crippen molar-refractivity contribution in [3.05, 3.63) is 58.8 Å². The second kappa shape index (κ2) is 8.14. The van der Waals surface area contributed by atoms with Crippen molar-refractivity contribution >= 4 is 28.6 Å². The lowest BCUT2D eigenvalue weighted by molar-refractivity contribution is -0.136. The van der Waals surface area contributed by atoms with Crippen LogP contribution in [0.3, 0.4) is 0 Å². The van der Waals surface area contributed by atoms with Crippen molar-refractivity contribution in [2.45, 2.75) is 50.2 Å². The van der Waals surface area contributed by atoms with Gasteiger partial charge in [-0.2, -0.15) is 5.10 Å². The summed E-state index contributed by atoms with van der Waals surface area (Å²) in [5.74, 6) is 0.00491. The molecular formula is C28H29N5O4. The highest BCUT2D eigenvalue weighted by Crippen LogP contribution is 2.49. The number of hydrogen-bond donors (Lipinski definition) is 1. The minimum Gasteiger partial charge on any atom is -0.492 e. The summed E-state index contributed by atoms with van der Waals surface area (Å²) in [4.78, 5) is 41.3. The van der Waals surface area contributed by atoms with Crippen LogP contribution in [0.4, 0.5) is 0 Å². The monoisotopic (exact) mass is 499 g/mol. The third-order valence-electron chi connectivity index (χ3n) is 8.78. The highest BCUT2D eigenvalue weighted by atomic mass is 16.5. The van der Waals surface area contributed by atoms with Crippen molar-refractivity contribution in [3.8, 4) is 5.75 Å². The second-order valence-electron chi connectivity index (χ2n) is 10.8. The average molecular weight is 500 g/mol. The number of aromatic nitrogens is 2. The van der Waals surface area contributed by atoms with Gasteiger partial charge in [-0.1, -0.05) is 24.3 Å². The van der Waals surface area contributed by atoms with E-state index >= 15 is 0 Å². The Bertz CT molecular complexity index is 1470. The van der Waals surface area contributed by atoms with Gasteiger partial charge >= 0.3 is 0 Å². The largest absolute Gasteiger partial charge is 0.492 e. The number of carbonyl (C=O) groups excluding carboxylic acids is 3. The topological polar surface area (TPSA) is 96.8 Å². The minimum absolute atomic E-state index is 0.0511.